The van der Waals surface area contributed by atoms with Crippen LogP contribution in [0.1, 0.15) is 16.3 Å². The minimum absolute atomic E-state index is 0.0138. The van der Waals surface area contributed by atoms with Crippen molar-refractivity contribution in [2.45, 2.75) is 13.5 Å². The van der Waals surface area contributed by atoms with E-state index in [0.717, 1.165) is 16.3 Å². The molecule has 3 rings (SSSR count). The lowest BCUT2D eigenvalue weighted by atomic mass is 10.2. The highest BCUT2D eigenvalue weighted by atomic mass is 32.1. The molecule has 0 aliphatic rings. The van der Waals surface area contributed by atoms with Gasteiger partial charge >= 0.3 is 0 Å². The van der Waals surface area contributed by atoms with Crippen molar-refractivity contribution in [3.05, 3.63) is 76.3 Å². The van der Waals surface area contributed by atoms with E-state index in [9.17, 15) is 9.59 Å². The van der Waals surface area contributed by atoms with Gasteiger partial charge in [-0.1, -0.05) is 12.1 Å². The van der Waals surface area contributed by atoms with E-state index in [4.69, 9.17) is 9.47 Å². The Morgan fingerprint density at radius 1 is 1.10 bits per heavy atom. The van der Waals surface area contributed by atoms with Crippen molar-refractivity contribution in [2.24, 2.45) is 0 Å². The van der Waals surface area contributed by atoms with Crippen molar-refractivity contribution in [2.75, 3.05) is 24.4 Å². The van der Waals surface area contributed by atoms with Gasteiger partial charge in [0.15, 0.2) is 0 Å². The number of aryl methyl sites for hydroxylation is 1. The van der Waals surface area contributed by atoms with E-state index in [1.807, 2.05) is 36.6 Å². The zero-order chi connectivity index (χ0) is 22.1. The third-order valence-electron chi connectivity index (χ3n) is 4.05. The lowest BCUT2D eigenvalue weighted by Gasteiger charge is -2.07. The van der Waals surface area contributed by atoms with Gasteiger partial charge in [0.1, 0.15) is 19.0 Å². The molecule has 0 aliphatic carbocycles. The summed E-state index contributed by atoms with van der Waals surface area (Å²) in [5.74, 6) is 0.204. The van der Waals surface area contributed by atoms with Gasteiger partial charge in [0.2, 0.25) is 11.8 Å². The second-order valence-corrected chi connectivity index (χ2v) is 7.66. The predicted molar refractivity (Wildman–Crippen MR) is 122 cm³/mol. The minimum atomic E-state index is -0.263. The summed E-state index contributed by atoms with van der Waals surface area (Å²) in [6, 6.07) is 14.3. The highest BCUT2D eigenvalue weighted by molar-refractivity contribution is 7.09. The Labute approximate surface area is 184 Å². The summed E-state index contributed by atoms with van der Waals surface area (Å²) < 4.78 is 10.5. The number of rotatable bonds is 9. The molecule has 2 N–H and O–H groups in total. The van der Waals surface area contributed by atoms with Gasteiger partial charge < -0.3 is 20.1 Å². The van der Waals surface area contributed by atoms with Crippen LogP contribution in [0.15, 0.2) is 60.0 Å². The summed E-state index contributed by atoms with van der Waals surface area (Å²) in [5.41, 5.74) is 2.99. The molecule has 31 heavy (non-hydrogen) atoms. The van der Waals surface area contributed by atoms with Crippen LogP contribution in [0.2, 0.25) is 0 Å². The molecule has 1 aromatic heterocycles. The number of hydrogen-bond donors (Lipinski definition) is 2. The molecule has 0 saturated carbocycles. The first-order chi connectivity index (χ1) is 15.0. The Kier molecular flexibility index (Phi) is 7.91. The summed E-state index contributed by atoms with van der Waals surface area (Å²) in [6.07, 6.45) is 3.17. The van der Waals surface area contributed by atoms with Crippen LogP contribution in [-0.4, -0.2) is 30.5 Å². The molecule has 0 radical (unpaired) electrons. The van der Waals surface area contributed by atoms with E-state index in [1.165, 1.54) is 13.2 Å². The third-order valence-corrected chi connectivity index (χ3v) is 4.87. The molecule has 160 valence electrons. The fourth-order valence-electron chi connectivity index (χ4n) is 2.66. The third kappa shape index (κ3) is 7.36. The highest BCUT2D eigenvalue weighted by Gasteiger charge is 2.03. The Balaban J connectivity index is 1.52. The monoisotopic (exact) mass is 437 g/mol. The van der Waals surface area contributed by atoms with Crippen molar-refractivity contribution >= 4 is 40.6 Å². The largest absolute Gasteiger partial charge is 0.487 e. The van der Waals surface area contributed by atoms with E-state index in [1.54, 1.807) is 41.7 Å². The molecular weight excluding hydrogens is 414 g/mol. The van der Waals surface area contributed by atoms with Crippen molar-refractivity contribution in [3.63, 3.8) is 0 Å². The molecule has 7 nitrogen and oxygen atoms in total. The Bertz CT molecular complexity index is 1060. The molecule has 0 spiro atoms. The fraction of sp³-hybridized carbons (Fsp3) is 0.174. The van der Waals surface area contributed by atoms with Crippen molar-refractivity contribution in [1.82, 2.24) is 4.98 Å². The van der Waals surface area contributed by atoms with E-state index >= 15 is 0 Å². The first kappa shape index (κ1) is 22.2. The van der Waals surface area contributed by atoms with Gasteiger partial charge in [0.05, 0.1) is 10.7 Å². The maximum absolute atomic E-state index is 12.2. The molecule has 0 saturated heterocycles. The average Bonchev–Trinajstić information content (AvgIpc) is 3.18. The van der Waals surface area contributed by atoms with Gasteiger partial charge in [-0.15, -0.1) is 11.3 Å². The average molecular weight is 438 g/mol. The van der Waals surface area contributed by atoms with E-state index in [2.05, 4.69) is 15.6 Å². The summed E-state index contributed by atoms with van der Waals surface area (Å²) in [4.78, 5) is 28.1. The molecule has 2 aromatic carbocycles. The summed E-state index contributed by atoms with van der Waals surface area (Å²) >= 11 is 1.59. The molecule has 1 heterocycles. The number of benzene rings is 2. The molecule has 0 fully saturated rings. The van der Waals surface area contributed by atoms with Crippen LogP contribution in [0.5, 0.6) is 5.75 Å². The molecular formula is C23H23N3O4S. The predicted octanol–water partition coefficient (Wildman–Crippen LogP) is 4.27. The number of amides is 2. The van der Waals surface area contributed by atoms with E-state index in [0.29, 0.717) is 23.7 Å². The van der Waals surface area contributed by atoms with Crippen molar-refractivity contribution in [1.29, 1.82) is 0 Å². The topological polar surface area (TPSA) is 89.6 Å². The van der Waals surface area contributed by atoms with Crippen LogP contribution in [0, 0.1) is 6.92 Å². The molecule has 0 atom stereocenters. The quantitative estimate of drug-likeness (QED) is 0.488. The van der Waals surface area contributed by atoms with E-state index in [-0.39, 0.29) is 18.4 Å². The van der Waals surface area contributed by atoms with Gasteiger partial charge in [-0.05, 0) is 55.0 Å². The molecule has 0 unspecified atom stereocenters. The Morgan fingerprint density at radius 3 is 2.52 bits per heavy atom. The number of nitrogens with zero attached hydrogens (tertiary/aromatic N) is 1. The second kappa shape index (κ2) is 11.1. The Morgan fingerprint density at radius 2 is 1.84 bits per heavy atom. The summed E-state index contributed by atoms with van der Waals surface area (Å²) in [7, 11) is 1.46. The first-order valence-electron chi connectivity index (χ1n) is 9.53. The lowest BCUT2D eigenvalue weighted by molar-refractivity contribution is -0.119. The number of thiazole rings is 1. The van der Waals surface area contributed by atoms with Crippen LogP contribution in [0.4, 0.5) is 11.4 Å². The number of hydrogen-bond acceptors (Lipinski definition) is 6. The highest BCUT2D eigenvalue weighted by Crippen LogP contribution is 2.18. The molecule has 3 aromatic rings. The van der Waals surface area contributed by atoms with Gasteiger partial charge in [0.25, 0.3) is 0 Å². The van der Waals surface area contributed by atoms with Crippen LogP contribution in [-0.2, 0) is 20.9 Å². The smallest absolute Gasteiger partial charge is 0.250 e. The Hall–Kier alpha value is -3.49. The SMILES string of the molecule is COCC(=O)Nc1ccc(NC(=O)/C=C/c2cccc(OCc3csc(C)n3)c2)cc1. The lowest BCUT2D eigenvalue weighted by Crippen LogP contribution is -2.17. The number of carbonyl (C=O) groups is 2. The second-order valence-electron chi connectivity index (χ2n) is 6.60. The maximum atomic E-state index is 12.2. The first-order valence-corrected chi connectivity index (χ1v) is 10.4. The standard InChI is InChI=1S/C23H23N3O4S/c1-16-24-20(15-31-16)13-30-21-5-3-4-17(12-21)6-11-22(27)25-18-7-9-19(10-8-18)26-23(28)14-29-2/h3-12,15H,13-14H2,1-2H3,(H,25,27)(H,26,28)/b11-6+. The number of aromatic nitrogens is 1. The number of methoxy groups -OCH3 is 1. The van der Waals surface area contributed by atoms with Crippen molar-refractivity contribution < 1.29 is 19.1 Å². The van der Waals surface area contributed by atoms with Crippen molar-refractivity contribution in [3.8, 4) is 5.75 Å². The maximum Gasteiger partial charge on any atom is 0.250 e. The summed E-state index contributed by atoms with van der Waals surface area (Å²) in [5, 5.41) is 8.45. The number of anilines is 2. The zero-order valence-corrected chi connectivity index (χ0v) is 18.1. The van der Waals surface area contributed by atoms with Gasteiger partial charge in [-0.3, -0.25) is 9.59 Å². The van der Waals surface area contributed by atoms with Gasteiger partial charge in [-0.2, -0.15) is 0 Å². The molecule has 2 amide bonds. The fourth-order valence-corrected chi connectivity index (χ4v) is 3.26. The van der Waals surface area contributed by atoms with Crippen LogP contribution >= 0.6 is 11.3 Å². The number of ether oxygens (including phenoxy) is 2. The van der Waals surface area contributed by atoms with Crippen LogP contribution < -0.4 is 15.4 Å². The summed E-state index contributed by atoms with van der Waals surface area (Å²) in [6.45, 7) is 2.35. The van der Waals surface area contributed by atoms with Gasteiger partial charge in [-0.25, -0.2) is 4.98 Å². The normalized spacial score (nSPS) is 10.8. The minimum Gasteiger partial charge on any atom is -0.487 e. The zero-order valence-electron chi connectivity index (χ0n) is 17.3. The van der Waals surface area contributed by atoms with Crippen LogP contribution in [0.25, 0.3) is 6.08 Å². The molecule has 0 bridgehead atoms. The number of nitrogens with one attached hydrogen (secondary N) is 2. The molecule has 0 aliphatic heterocycles. The molecule has 8 heteroatoms. The van der Waals surface area contributed by atoms with Crippen LogP contribution in [0.3, 0.4) is 0 Å². The van der Waals surface area contributed by atoms with E-state index < -0.39 is 0 Å². The van der Waals surface area contributed by atoms with Gasteiger partial charge in [0, 0.05) is 29.9 Å². The number of carbonyl (C=O) groups excluding carboxylic acids is 2.